The Labute approximate surface area is 86.5 Å². The van der Waals surface area contributed by atoms with Gasteiger partial charge in [-0.15, -0.1) is 0 Å². The van der Waals surface area contributed by atoms with Gasteiger partial charge in [0.25, 0.3) is 0 Å². The van der Waals surface area contributed by atoms with Crippen molar-refractivity contribution in [1.82, 2.24) is 10.2 Å². The Kier molecular flexibility index (Phi) is 5.83. The molecule has 1 fully saturated rings. The number of thioether (sulfide) groups is 1. The van der Waals surface area contributed by atoms with Crippen LogP contribution in [0.5, 0.6) is 0 Å². The number of rotatable bonds is 6. The smallest absolute Gasteiger partial charge is 0.0104 e. The maximum absolute atomic E-state index is 3.36. The normalized spacial score (nSPS) is 22.8. The van der Waals surface area contributed by atoms with E-state index in [4.69, 9.17) is 0 Å². The molecule has 0 aromatic rings. The Bertz CT molecular complexity index is 124. The molecule has 0 bridgehead atoms. The van der Waals surface area contributed by atoms with Gasteiger partial charge in [-0.3, -0.25) is 0 Å². The standard InChI is InChI=1S/C10H22N2S/c1-3-11-5-6-12(2)8-10-4-7-13-9-10/h10-11H,3-9H2,1-2H3. The molecule has 13 heavy (non-hydrogen) atoms. The molecule has 1 N–H and O–H groups in total. The first-order chi connectivity index (χ1) is 6.33. The molecule has 3 heteroatoms. The Morgan fingerprint density at radius 3 is 3.00 bits per heavy atom. The van der Waals surface area contributed by atoms with E-state index < -0.39 is 0 Å². The number of nitrogens with one attached hydrogen (secondary N) is 1. The number of nitrogens with zero attached hydrogens (tertiary/aromatic N) is 1. The summed E-state index contributed by atoms with van der Waals surface area (Å²) in [6.07, 6.45) is 1.43. The first kappa shape index (κ1) is 11.3. The third-order valence-electron chi connectivity index (χ3n) is 2.51. The molecular formula is C10H22N2S. The Hall–Kier alpha value is 0.270. The Morgan fingerprint density at radius 2 is 2.38 bits per heavy atom. The summed E-state index contributed by atoms with van der Waals surface area (Å²) in [6.45, 7) is 6.86. The topological polar surface area (TPSA) is 15.3 Å². The van der Waals surface area contributed by atoms with Crippen LogP contribution in [0.1, 0.15) is 13.3 Å². The monoisotopic (exact) mass is 202 g/mol. The number of likely N-dealkylation sites (N-methyl/N-ethyl adjacent to an activating group) is 2. The van der Waals surface area contributed by atoms with Gasteiger partial charge in [-0.2, -0.15) is 11.8 Å². The fourth-order valence-corrected chi connectivity index (χ4v) is 2.98. The summed E-state index contributed by atoms with van der Waals surface area (Å²) in [6, 6.07) is 0. The summed E-state index contributed by atoms with van der Waals surface area (Å²) in [5, 5.41) is 3.36. The van der Waals surface area contributed by atoms with Gasteiger partial charge in [0.05, 0.1) is 0 Å². The van der Waals surface area contributed by atoms with Crippen LogP contribution in [0.15, 0.2) is 0 Å². The van der Waals surface area contributed by atoms with E-state index in [1.807, 2.05) is 0 Å². The molecule has 1 aliphatic heterocycles. The van der Waals surface area contributed by atoms with Crippen LogP contribution < -0.4 is 5.32 Å². The lowest BCUT2D eigenvalue weighted by atomic mass is 10.1. The highest BCUT2D eigenvalue weighted by Crippen LogP contribution is 2.23. The zero-order chi connectivity index (χ0) is 9.52. The minimum atomic E-state index is 0.955. The van der Waals surface area contributed by atoms with Gasteiger partial charge >= 0.3 is 0 Å². The molecule has 0 aromatic heterocycles. The lowest BCUT2D eigenvalue weighted by Gasteiger charge is -2.20. The summed E-state index contributed by atoms with van der Waals surface area (Å²) < 4.78 is 0. The highest BCUT2D eigenvalue weighted by Gasteiger charge is 2.16. The van der Waals surface area contributed by atoms with Crippen LogP contribution in [0.25, 0.3) is 0 Å². The molecule has 1 rings (SSSR count). The SMILES string of the molecule is CCNCCN(C)CC1CCSC1. The van der Waals surface area contributed by atoms with Crippen molar-refractivity contribution >= 4 is 11.8 Å². The average molecular weight is 202 g/mol. The molecule has 1 heterocycles. The third-order valence-corrected chi connectivity index (χ3v) is 3.75. The molecule has 0 aliphatic carbocycles. The highest BCUT2D eigenvalue weighted by atomic mass is 32.2. The quantitative estimate of drug-likeness (QED) is 0.653. The molecule has 1 atom stereocenters. The summed E-state index contributed by atoms with van der Waals surface area (Å²) in [5.74, 6) is 3.72. The zero-order valence-corrected chi connectivity index (χ0v) is 9.70. The number of hydrogen-bond donors (Lipinski definition) is 1. The molecule has 78 valence electrons. The summed E-state index contributed by atoms with van der Waals surface area (Å²) in [5.41, 5.74) is 0. The molecule has 0 aromatic carbocycles. The van der Waals surface area contributed by atoms with Gasteiger partial charge in [0.2, 0.25) is 0 Å². The predicted octanol–water partition coefficient (Wildman–Crippen LogP) is 1.28. The summed E-state index contributed by atoms with van der Waals surface area (Å²) in [7, 11) is 2.24. The van der Waals surface area contributed by atoms with Crippen molar-refractivity contribution in [2.45, 2.75) is 13.3 Å². The van der Waals surface area contributed by atoms with Crippen molar-refractivity contribution in [3.8, 4) is 0 Å². The van der Waals surface area contributed by atoms with E-state index in [0.29, 0.717) is 0 Å². The third kappa shape index (κ3) is 4.89. The largest absolute Gasteiger partial charge is 0.316 e. The van der Waals surface area contributed by atoms with Gasteiger partial charge in [0.1, 0.15) is 0 Å². The van der Waals surface area contributed by atoms with Gasteiger partial charge in [0, 0.05) is 19.6 Å². The first-order valence-corrected chi connectivity index (χ1v) is 6.45. The lowest BCUT2D eigenvalue weighted by Crippen LogP contribution is -2.32. The molecule has 0 saturated carbocycles. The molecule has 1 aliphatic rings. The Balaban J connectivity index is 1.99. The van der Waals surface area contributed by atoms with Crippen molar-refractivity contribution < 1.29 is 0 Å². The Morgan fingerprint density at radius 1 is 1.54 bits per heavy atom. The van der Waals surface area contributed by atoms with Crippen LogP contribution in [0.3, 0.4) is 0 Å². The van der Waals surface area contributed by atoms with E-state index in [9.17, 15) is 0 Å². The average Bonchev–Trinajstić information content (AvgIpc) is 2.57. The second-order valence-electron chi connectivity index (χ2n) is 3.85. The van der Waals surface area contributed by atoms with Crippen molar-refractivity contribution in [3.05, 3.63) is 0 Å². The zero-order valence-electron chi connectivity index (χ0n) is 8.88. The predicted molar refractivity (Wildman–Crippen MR) is 61.5 cm³/mol. The molecule has 0 radical (unpaired) electrons. The van der Waals surface area contributed by atoms with Crippen LogP contribution in [0.4, 0.5) is 0 Å². The van der Waals surface area contributed by atoms with Crippen LogP contribution >= 0.6 is 11.8 Å². The number of hydrogen-bond acceptors (Lipinski definition) is 3. The van der Waals surface area contributed by atoms with Gasteiger partial charge in [0.15, 0.2) is 0 Å². The molecule has 0 spiro atoms. The van der Waals surface area contributed by atoms with Gasteiger partial charge < -0.3 is 10.2 Å². The van der Waals surface area contributed by atoms with Crippen LogP contribution in [0, 0.1) is 5.92 Å². The van der Waals surface area contributed by atoms with E-state index in [2.05, 4.69) is 35.9 Å². The first-order valence-electron chi connectivity index (χ1n) is 5.30. The minimum Gasteiger partial charge on any atom is -0.316 e. The van der Waals surface area contributed by atoms with Crippen molar-refractivity contribution in [3.63, 3.8) is 0 Å². The summed E-state index contributed by atoms with van der Waals surface area (Å²) >= 11 is 2.11. The summed E-state index contributed by atoms with van der Waals surface area (Å²) in [4.78, 5) is 2.46. The van der Waals surface area contributed by atoms with E-state index in [1.54, 1.807) is 0 Å². The van der Waals surface area contributed by atoms with Crippen LogP contribution in [0.2, 0.25) is 0 Å². The van der Waals surface area contributed by atoms with Gasteiger partial charge in [-0.1, -0.05) is 6.92 Å². The molecule has 1 saturated heterocycles. The van der Waals surface area contributed by atoms with Crippen LogP contribution in [-0.2, 0) is 0 Å². The molecule has 2 nitrogen and oxygen atoms in total. The van der Waals surface area contributed by atoms with Crippen LogP contribution in [-0.4, -0.2) is 49.6 Å². The van der Waals surface area contributed by atoms with Gasteiger partial charge in [-0.05, 0) is 37.4 Å². The second-order valence-corrected chi connectivity index (χ2v) is 5.00. The van der Waals surface area contributed by atoms with E-state index >= 15 is 0 Å². The minimum absolute atomic E-state index is 0.955. The van der Waals surface area contributed by atoms with E-state index in [1.165, 1.54) is 31.0 Å². The van der Waals surface area contributed by atoms with Crippen molar-refractivity contribution in [1.29, 1.82) is 0 Å². The maximum atomic E-state index is 3.36. The van der Waals surface area contributed by atoms with Gasteiger partial charge in [-0.25, -0.2) is 0 Å². The second kappa shape index (κ2) is 6.68. The fraction of sp³-hybridized carbons (Fsp3) is 1.00. The highest BCUT2D eigenvalue weighted by molar-refractivity contribution is 7.99. The van der Waals surface area contributed by atoms with Crippen molar-refractivity contribution in [2.24, 2.45) is 5.92 Å². The molecular weight excluding hydrogens is 180 g/mol. The van der Waals surface area contributed by atoms with E-state index in [0.717, 1.165) is 19.0 Å². The molecule has 0 amide bonds. The van der Waals surface area contributed by atoms with E-state index in [-0.39, 0.29) is 0 Å². The fourth-order valence-electron chi connectivity index (χ4n) is 1.71. The molecule has 1 unspecified atom stereocenters. The lowest BCUT2D eigenvalue weighted by molar-refractivity contribution is 0.289. The maximum Gasteiger partial charge on any atom is 0.0104 e. The van der Waals surface area contributed by atoms with Crippen molar-refractivity contribution in [2.75, 3.05) is 44.7 Å².